The fourth-order valence-corrected chi connectivity index (χ4v) is 7.42. The first kappa shape index (κ1) is 37.2. The highest BCUT2D eigenvalue weighted by molar-refractivity contribution is 5.83. The Labute approximate surface area is 336 Å². The fraction of sp³-hybridized carbons (Fsp3) is 0.132. The van der Waals surface area contributed by atoms with Crippen molar-refractivity contribution in [3.05, 3.63) is 205 Å². The fourth-order valence-electron chi connectivity index (χ4n) is 7.42. The summed E-state index contributed by atoms with van der Waals surface area (Å²) < 4.78 is 0. The Hall–Kier alpha value is -6.78. The Morgan fingerprint density at radius 1 is 0.439 bits per heavy atom. The van der Waals surface area contributed by atoms with E-state index in [1.807, 2.05) is 36.5 Å². The lowest BCUT2D eigenvalue weighted by atomic mass is 9.78. The lowest BCUT2D eigenvalue weighted by Crippen LogP contribution is -2.20. The SMILES string of the molecule is CC(C)(C)c1cc(-c2cc(-c3ccc(-c4ccccc4)cc3)cc(-c3ccccc3O)n2)cc(N(c2ccccc2)c2cc(C(C)(C)c3ccccc3)ccn2)c1. The van der Waals surface area contributed by atoms with Crippen molar-refractivity contribution >= 4 is 17.2 Å². The zero-order chi connectivity index (χ0) is 39.6. The van der Waals surface area contributed by atoms with Crippen LogP contribution in [-0.4, -0.2) is 15.1 Å². The molecule has 8 rings (SSSR count). The van der Waals surface area contributed by atoms with E-state index in [0.717, 1.165) is 45.1 Å². The van der Waals surface area contributed by atoms with E-state index in [0.29, 0.717) is 11.3 Å². The maximum Gasteiger partial charge on any atom is 0.137 e. The standard InChI is InChI=1S/C53H47N3O/c1-52(2,3)44-31-41(32-46(35-44)56(45-21-13-8-14-22-45)51-36-43(29-30-54-51)53(4,5)42-19-11-7-12-20-42)48-33-40(34-49(55-48)47-23-15-16-24-50(47)57)39-27-25-38(26-28-39)37-17-9-6-10-18-37/h6-36,57H,1-5H3. The second-order valence-electron chi connectivity index (χ2n) is 16.2. The Morgan fingerprint density at radius 3 is 1.68 bits per heavy atom. The van der Waals surface area contributed by atoms with Crippen LogP contribution in [0.1, 0.15) is 51.3 Å². The van der Waals surface area contributed by atoms with Crippen LogP contribution in [-0.2, 0) is 10.8 Å². The van der Waals surface area contributed by atoms with E-state index >= 15 is 0 Å². The van der Waals surface area contributed by atoms with Crippen molar-refractivity contribution in [2.45, 2.75) is 45.4 Å². The third kappa shape index (κ3) is 7.85. The molecule has 0 saturated carbocycles. The van der Waals surface area contributed by atoms with Gasteiger partial charge in [0.15, 0.2) is 0 Å². The monoisotopic (exact) mass is 741 g/mol. The van der Waals surface area contributed by atoms with Crippen LogP contribution in [0.4, 0.5) is 17.2 Å². The predicted octanol–water partition coefficient (Wildman–Crippen LogP) is 13.9. The van der Waals surface area contributed by atoms with Gasteiger partial charge in [0.05, 0.1) is 11.4 Å². The summed E-state index contributed by atoms with van der Waals surface area (Å²) in [4.78, 5) is 12.6. The summed E-state index contributed by atoms with van der Waals surface area (Å²) in [5.74, 6) is 1.02. The van der Waals surface area contributed by atoms with Gasteiger partial charge in [-0.05, 0) is 111 Å². The van der Waals surface area contributed by atoms with Gasteiger partial charge in [0, 0.05) is 34.1 Å². The van der Waals surface area contributed by atoms with Crippen LogP contribution >= 0.6 is 0 Å². The molecule has 4 heteroatoms. The molecule has 57 heavy (non-hydrogen) atoms. The molecule has 6 aromatic carbocycles. The third-order valence-electron chi connectivity index (χ3n) is 10.9. The van der Waals surface area contributed by atoms with Crippen LogP contribution in [0, 0.1) is 0 Å². The summed E-state index contributed by atoms with van der Waals surface area (Å²) >= 11 is 0. The topological polar surface area (TPSA) is 49.3 Å². The summed E-state index contributed by atoms with van der Waals surface area (Å²) in [6.07, 6.45) is 1.92. The second-order valence-corrected chi connectivity index (χ2v) is 16.2. The summed E-state index contributed by atoms with van der Waals surface area (Å²) in [7, 11) is 0. The first-order chi connectivity index (χ1) is 27.5. The van der Waals surface area contributed by atoms with Crippen LogP contribution < -0.4 is 4.90 Å². The zero-order valence-electron chi connectivity index (χ0n) is 33.2. The quantitative estimate of drug-likeness (QED) is 0.160. The number of nitrogens with zero attached hydrogens (tertiary/aromatic N) is 3. The number of phenols is 1. The summed E-state index contributed by atoms with van der Waals surface area (Å²) in [5, 5.41) is 11.1. The molecule has 8 aromatic rings. The molecule has 0 aliphatic carbocycles. The van der Waals surface area contributed by atoms with Gasteiger partial charge in [-0.15, -0.1) is 0 Å². The van der Waals surface area contributed by atoms with E-state index in [1.165, 1.54) is 22.3 Å². The van der Waals surface area contributed by atoms with Gasteiger partial charge in [-0.25, -0.2) is 9.97 Å². The molecular formula is C53H47N3O. The van der Waals surface area contributed by atoms with Crippen LogP contribution in [0.3, 0.4) is 0 Å². The smallest absolute Gasteiger partial charge is 0.137 e. The molecule has 0 spiro atoms. The third-order valence-corrected chi connectivity index (χ3v) is 10.9. The van der Waals surface area contributed by atoms with Crippen LogP contribution in [0.25, 0.3) is 44.8 Å². The molecule has 0 fully saturated rings. The van der Waals surface area contributed by atoms with E-state index in [9.17, 15) is 5.11 Å². The molecule has 0 radical (unpaired) electrons. The second kappa shape index (κ2) is 15.4. The first-order valence-electron chi connectivity index (χ1n) is 19.5. The van der Waals surface area contributed by atoms with Crippen molar-refractivity contribution in [2.24, 2.45) is 0 Å². The van der Waals surface area contributed by atoms with E-state index < -0.39 is 0 Å². The van der Waals surface area contributed by atoms with Crippen LogP contribution in [0.5, 0.6) is 5.75 Å². The summed E-state index contributed by atoms with van der Waals surface area (Å²) in [5.41, 5.74) is 12.7. The molecule has 1 N–H and O–H groups in total. The van der Waals surface area contributed by atoms with Gasteiger partial charge >= 0.3 is 0 Å². The molecule has 0 aliphatic heterocycles. The number of hydrogen-bond donors (Lipinski definition) is 1. The van der Waals surface area contributed by atoms with E-state index in [1.54, 1.807) is 6.07 Å². The molecule has 0 saturated heterocycles. The van der Waals surface area contributed by atoms with Gasteiger partial charge in [0.2, 0.25) is 0 Å². The molecule has 2 heterocycles. The molecule has 2 aromatic heterocycles. The van der Waals surface area contributed by atoms with Gasteiger partial charge in [-0.2, -0.15) is 0 Å². The first-order valence-corrected chi connectivity index (χ1v) is 19.5. The lowest BCUT2D eigenvalue weighted by Gasteiger charge is -2.30. The minimum Gasteiger partial charge on any atom is -0.507 e. The van der Waals surface area contributed by atoms with Crippen LogP contribution in [0.2, 0.25) is 0 Å². The minimum absolute atomic E-state index is 0.177. The molecule has 0 bridgehead atoms. The number of anilines is 3. The molecular weight excluding hydrogens is 695 g/mol. The van der Waals surface area contributed by atoms with E-state index in [-0.39, 0.29) is 16.6 Å². The number of rotatable bonds is 9. The Bertz CT molecular complexity index is 2630. The number of aromatic hydroxyl groups is 1. The van der Waals surface area contributed by atoms with Gasteiger partial charge in [-0.3, -0.25) is 4.90 Å². The summed E-state index contributed by atoms with van der Waals surface area (Å²) in [6.45, 7) is 11.3. The Kier molecular flexibility index (Phi) is 10.0. The van der Waals surface area contributed by atoms with Gasteiger partial charge in [0.1, 0.15) is 11.6 Å². The van der Waals surface area contributed by atoms with Gasteiger partial charge < -0.3 is 5.11 Å². The van der Waals surface area contributed by atoms with E-state index in [4.69, 9.17) is 9.97 Å². The van der Waals surface area contributed by atoms with Crippen molar-refractivity contribution in [3.63, 3.8) is 0 Å². The molecule has 0 atom stereocenters. The number of benzene rings is 6. The predicted molar refractivity (Wildman–Crippen MR) is 237 cm³/mol. The average Bonchev–Trinajstić information content (AvgIpc) is 3.24. The minimum atomic E-state index is -0.247. The van der Waals surface area contributed by atoms with E-state index in [2.05, 4.69) is 185 Å². The van der Waals surface area contributed by atoms with Gasteiger partial charge in [0.25, 0.3) is 0 Å². The lowest BCUT2D eigenvalue weighted by molar-refractivity contribution is 0.477. The molecule has 4 nitrogen and oxygen atoms in total. The number of aromatic nitrogens is 2. The maximum atomic E-state index is 11.1. The van der Waals surface area contributed by atoms with Crippen molar-refractivity contribution in [3.8, 4) is 50.5 Å². The average molecular weight is 742 g/mol. The summed E-state index contributed by atoms with van der Waals surface area (Å²) in [6, 6.07) is 63.0. The van der Waals surface area contributed by atoms with Crippen LogP contribution in [0.15, 0.2) is 188 Å². The Morgan fingerprint density at radius 2 is 1.02 bits per heavy atom. The molecule has 280 valence electrons. The van der Waals surface area contributed by atoms with Crippen molar-refractivity contribution in [2.75, 3.05) is 4.90 Å². The number of para-hydroxylation sites is 2. The van der Waals surface area contributed by atoms with Gasteiger partial charge in [-0.1, -0.05) is 150 Å². The maximum absolute atomic E-state index is 11.1. The zero-order valence-corrected chi connectivity index (χ0v) is 33.2. The number of hydrogen-bond acceptors (Lipinski definition) is 4. The number of phenolic OH excluding ortho intramolecular Hbond substituents is 1. The van der Waals surface area contributed by atoms with Crippen molar-refractivity contribution in [1.82, 2.24) is 9.97 Å². The van der Waals surface area contributed by atoms with Crippen molar-refractivity contribution < 1.29 is 5.11 Å². The molecule has 0 amide bonds. The Balaban J connectivity index is 1.31. The highest BCUT2D eigenvalue weighted by atomic mass is 16.3. The highest BCUT2D eigenvalue weighted by Gasteiger charge is 2.26. The van der Waals surface area contributed by atoms with Crippen molar-refractivity contribution in [1.29, 1.82) is 0 Å². The largest absolute Gasteiger partial charge is 0.507 e. The normalized spacial score (nSPS) is 11.7. The molecule has 0 unspecified atom stereocenters. The number of pyridine rings is 2. The highest BCUT2D eigenvalue weighted by Crippen LogP contribution is 2.42. The molecule has 0 aliphatic rings.